The third-order valence-electron chi connectivity index (χ3n) is 5.39. The zero-order valence-electron chi connectivity index (χ0n) is 17.1. The first-order valence-electron chi connectivity index (χ1n) is 9.99. The van der Waals surface area contributed by atoms with Gasteiger partial charge in [-0.1, -0.05) is 61.3 Å². The number of carbonyl (C=O) groups is 1. The molecule has 1 heterocycles. The summed E-state index contributed by atoms with van der Waals surface area (Å²) in [6.45, 7) is 4.82. The van der Waals surface area contributed by atoms with Crippen molar-refractivity contribution in [2.45, 2.75) is 38.4 Å². The van der Waals surface area contributed by atoms with Crippen LogP contribution in [0.5, 0.6) is 0 Å². The van der Waals surface area contributed by atoms with Crippen LogP contribution >= 0.6 is 23.2 Å². The highest BCUT2D eigenvalue weighted by Gasteiger charge is 2.31. The lowest BCUT2D eigenvalue weighted by Gasteiger charge is -2.30. The first kappa shape index (κ1) is 23.1. The summed E-state index contributed by atoms with van der Waals surface area (Å²) in [6, 6.07) is 12.6. The van der Waals surface area contributed by atoms with Gasteiger partial charge >= 0.3 is 0 Å². The quantitative estimate of drug-likeness (QED) is 0.625. The highest BCUT2D eigenvalue weighted by atomic mass is 35.5. The lowest BCUT2D eigenvalue weighted by atomic mass is 9.96. The van der Waals surface area contributed by atoms with Crippen molar-refractivity contribution in [3.63, 3.8) is 0 Å². The molecule has 8 heteroatoms. The summed E-state index contributed by atoms with van der Waals surface area (Å²) in [5.74, 6) is -0.0937. The van der Waals surface area contributed by atoms with Crippen molar-refractivity contribution in [2.75, 3.05) is 18.4 Å². The Kier molecular flexibility index (Phi) is 7.45. The van der Waals surface area contributed by atoms with E-state index in [0.717, 1.165) is 11.3 Å². The Balaban J connectivity index is 1.60. The van der Waals surface area contributed by atoms with E-state index in [9.17, 15) is 13.2 Å². The summed E-state index contributed by atoms with van der Waals surface area (Å²) in [4.78, 5) is 12.8. The maximum atomic E-state index is 12.8. The van der Waals surface area contributed by atoms with Gasteiger partial charge in [0.2, 0.25) is 15.9 Å². The van der Waals surface area contributed by atoms with Crippen molar-refractivity contribution < 1.29 is 13.2 Å². The van der Waals surface area contributed by atoms with Crippen LogP contribution in [0.3, 0.4) is 0 Å². The summed E-state index contributed by atoms with van der Waals surface area (Å²) >= 11 is 11.9. The molecule has 0 saturated carbocycles. The third kappa shape index (κ3) is 5.55. The van der Waals surface area contributed by atoms with Gasteiger partial charge in [-0.25, -0.2) is 12.7 Å². The van der Waals surface area contributed by atoms with E-state index >= 15 is 0 Å². The van der Waals surface area contributed by atoms with Crippen LogP contribution in [0.2, 0.25) is 10.0 Å². The monoisotopic (exact) mass is 468 g/mol. The van der Waals surface area contributed by atoms with Crippen LogP contribution in [0.4, 0.5) is 5.69 Å². The van der Waals surface area contributed by atoms with Crippen molar-refractivity contribution in [3.05, 3.63) is 63.6 Å². The number of halogens is 2. The third-order valence-corrected chi connectivity index (χ3v) is 7.98. The number of para-hydroxylation sites is 1. The lowest BCUT2D eigenvalue weighted by molar-refractivity contribution is -0.120. The highest BCUT2D eigenvalue weighted by molar-refractivity contribution is 7.88. The molecule has 30 heavy (non-hydrogen) atoms. The normalized spacial score (nSPS) is 16.0. The Morgan fingerprint density at radius 2 is 1.77 bits per heavy atom. The molecule has 1 amide bonds. The molecule has 0 aliphatic carbocycles. The van der Waals surface area contributed by atoms with Crippen LogP contribution in [-0.2, 0) is 20.6 Å². The predicted molar refractivity (Wildman–Crippen MR) is 123 cm³/mol. The number of anilines is 1. The Morgan fingerprint density at radius 1 is 1.10 bits per heavy atom. The number of nitrogens with one attached hydrogen (secondary N) is 1. The molecule has 3 rings (SSSR count). The number of hydrogen-bond donors (Lipinski definition) is 1. The summed E-state index contributed by atoms with van der Waals surface area (Å²) in [7, 11) is -3.49. The summed E-state index contributed by atoms with van der Waals surface area (Å²) < 4.78 is 27.0. The minimum atomic E-state index is -3.49. The SMILES string of the molecule is CC(C)c1ccccc1NC(=O)C1CCN(S(=O)(=O)Cc2ccc(Cl)c(Cl)c2)CC1. The molecule has 1 N–H and O–H groups in total. The second-order valence-electron chi connectivity index (χ2n) is 7.91. The minimum absolute atomic E-state index is 0.0513. The highest BCUT2D eigenvalue weighted by Crippen LogP contribution is 2.28. The average molecular weight is 469 g/mol. The predicted octanol–water partition coefficient (Wildman–Crippen LogP) is 5.30. The molecule has 1 fully saturated rings. The Labute approximate surface area is 188 Å². The Bertz CT molecular complexity index is 1020. The van der Waals surface area contributed by atoms with Crippen molar-refractivity contribution in [1.29, 1.82) is 0 Å². The lowest BCUT2D eigenvalue weighted by Crippen LogP contribution is -2.42. The van der Waals surface area contributed by atoms with Gasteiger partial charge in [-0.15, -0.1) is 0 Å². The van der Waals surface area contributed by atoms with Gasteiger partial charge in [0.05, 0.1) is 15.8 Å². The first-order chi connectivity index (χ1) is 14.2. The van der Waals surface area contributed by atoms with Gasteiger partial charge in [-0.2, -0.15) is 0 Å². The van der Waals surface area contributed by atoms with Gasteiger partial charge in [0, 0.05) is 24.7 Å². The molecule has 2 aromatic carbocycles. The van der Waals surface area contributed by atoms with Crippen molar-refractivity contribution in [3.8, 4) is 0 Å². The van der Waals surface area contributed by atoms with E-state index in [1.54, 1.807) is 18.2 Å². The van der Waals surface area contributed by atoms with Crippen LogP contribution in [0.25, 0.3) is 0 Å². The average Bonchev–Trinajstić information content (AvgIpc) is 2.71. The van der Waals surface area contributed by atoms with E-state index in [1.807, 2.05) is 24.3 Å². The van der Waals surface area contributed by atoms with Crippen molar-refractivity contribution in [2.24, 2.45) is 5.92 Å². The molecule has 2 aromatic rings. The van der Waals surface area contributed by atoms with E-state index in [1.165, 1.54) is 4.31 Å². The van der Waals surface area contributed by atoms with E-state index in [4.69, 9.17) is 23.2 Å². The molecule has 0 bridgehead atoms. The second-order valence-corrected chi connectivity index (χ2v) is 10.7. The van der Waals surface area contributed by atoms with Gasteiger partial charge in [-0.3, -0.25) is 4.79 Å². The molecule has 0 spiro atoms. The number of piperidine rings is 1. The van der Waals surface area contributed by atoms with Crippen LogP contribution in [0.15, 0.2) is 42.5 Å². The Hall–Kier alpha value is -1.60. The van der Waals surface area contributed by atoms with Crippen molar-refractivity contribution in [1.82, 2.24) is 4.31 Å². The molecular weight excluding hydrogens is 443 g/mol. The first-order valence-corrected chi connectivity index (χ1v) is 12.4. The fraction of sp³-hybridized carbons (Fsp3) is 0.409. The van der Waals surface area contributed by atoms with E-state index in [-0.39, 0.29) is 17.6 Å². The second kappa shape index (κ2) is 9.69. The van der Waals surface area contributed by atoms with Gasteiger partial charge in [0.15, 0.2) is 0 Å². The van der Waals surface area contributed by atoms with Crippen LogP contribution in [0.1, 0.15) is 43.7 Å². The molecule has 162 valence electrons. The molecule has 1 saturated heterocycles. The van der Waals surface area contributed by atoms with Crippen LogP contribution in [0, 0.1) is 5.92 Å². The summed E-state index contributed by atoms with van der Waals surface area (Å²) in [5, 5.41) is 3.76. The zero-order valence-corrected chi connectivity index (χ0v) is 19.4. The minimum Gasteiger partial charge on any atom is -0.326 e. The number of carbonyl (C=O) groups excluding carboxylic acids is 1. The zero-order chi connectivity index (χ0) is 21.9. The van der Waals surface area contributed by atoms with E-state index in [2.05, 4.69) is 19.2 Å². The molecule has 0 radical (unpaired) electrons. The standard InChI is InChI=1S/C22H26Cl2N2O3S/c1-15(2)18-5-3-4-6-21(18)25-22(27)17-9-11-26(12-10-17)30(28,29)14-16-7-8-19(23)20(24)13-16/h3-8,13,15,17H,9-12,14H2,1-2H3,(H,25,27). The fourth-order valence-electron chi connectivity index (χ4n) is 3.68. The van der Waals surface area contributed by atoms with E-state index < -0.39 is 10.0 Å². The summed E-state index contributed by atoms with van der Waals surface area (Å²) in [5.41, 5.74) is 2.51. The topological polar surface area (TPSA) is 66.5 Å². The van der Waals surface area contributed by atoms with Gasteiger partial charge in [-0.05, 0) is 48.1 Å². The maximum absolute atomic E-state index is 12.8. The maximum Gasteiger partial charge on any atom is 0.227 e. The molecule has 5 nitrogen and oxygen atoms in total. The van der Waals surface area contributed by atoms with Gasteiger partial charge < -0.3 is 5.32 Å². The molecule has 0 unspecified atom stereocenters. The Morgan fingerprint density at radius 3 is 2.40 bits per heavy atom. The number of benzene rings is 2. The smallest absolute Gasteiger partial charge is 0.227 e. The van der Waals surface area contributed by atoms with E-state index in [0.29, 0.717) is 47.5 Å². The number of sulfonamides is 1. The van der Waals surface area contributed by atoms with Crippen LogP contribution < -0.4 is 5.32 Å². The molecule has 0 atom stereocenters. The molecule has 1 aliphatic rings. The molecule has 1 aliphatic heterocycles. The number of nitrogens with zero attached hydrogens (tertiary/aromatic N) is 1. The van der Waals surface area contributed by atoms with Gasteiger partial charge in [0.1, 0.15) is 0 Å². The largest absolute Gasteiger partial charge is 0.326 e. The number of hydrogen-bond acceptors (Lipinski definition) is 3. The molecule has 0 aromatic heterocycles. The number of amides is 1. The fourth-order valence-corrected chi connectivity index (χ4v) is 5.55. The van der Waals surface area contributed by atoms with Crippen LogP contribution in [-0.4, -0.2) is 31.7 Å². The van der Waals surface area contributed by atoms with Crippen molar-refractivity contribution >= 4 is 44.8 Å². The molecular formula is C22H26Cl2N2O3S. The van der Waals surface area contributed by atoms with Gasteiger partial charge in [0.25, 0.3) is 0 Å². The summed E-state index contributed by atoms with van der Waals surface area (Å²) in [6.07, 6.45) is 0.993. The number of rotatable bonds is 6.